The maximum absolute atomic E-state index is 12.4. The fourth-order valence-electron chi connectivity index (χ4n) is 2.24. The Hall–Kier alpha value is -0.910. The molecule has 0 aliphatic carbocycles. The fraction of sp³-hybridized carbons (Fsp3) is 0.615. The summed E-state index contributed by atoms with van der Waals surface area (Å²) in [6.07, 6.45) is 1.43. The summed E-state index contributed by atoms with van der Waals surface area (Å²) in [7, 11) is 0. The third-order valence-electron chi connectivity index (χ3n) is 3.64. The van der Waals surface area contributed by atoms with Crippen LogP contribution in [0.3, 0.4) is 0 Å². The summed E-state index contributed by atoms with van der Waals surface area (Å²) in [5, 5.41) is 5.10. The Labute approximate surface area is 112 Å². The number of rotatable bonds is 4. The van der Waals surface area contributed by atoms with Crippen molar-refractivity contribution < 1.29 is 9.53 Å². The van der Waals surface area contributed by atoms with Crippen LogP contribution in [0.2, 0.25) is 0 Å². The zero-order chi connectivity index (χ0) is 13.0. The Bertz CT molecular complexity index is 386. The number of hydrogen-bond donors (Lipinski definition) is 2. The molecule has 2 heterocycles. The minimum Gasteiger partial charge on any atom is -0.381 e. The van der Waals surface area contributed by atoms with Crippen molar-refractivity contribution in [1.29, 1.82) is 0 Å². The van der Waals surface area contributed by atoms with Crippen LogP contribution >= 0.6 is 11.3 Å². The van der Waals surface area contributed by atoms with Gasteiger partial charge in [0.05, 0.1) is 11.5 Å². The van der Waals surface area contributed by atoms with Crippen LogP contribution in [0.4, 0.5) is 0 Å². The molecule has 1 aliphatic rings. The van der Waals surface area contributed by atoms with Gasteiger partial charge in [0.25, 0.3) is 0 Å². The highest BCUT2D eigenvalue weighted by Gasteiger charge is 2.39. The van der Waals surface area contributed by atoms with Gasteiger partial charge in [-0.1, -0.05) is 6.07 Å². The SMILES string of the molecule is C[C@@H](NC(=O)C1(CN)CCOCC1)c1cccs1. The fourth-order valence-corrected chi connectivity index (χ4v) is 2.98. The number of nitrogens with two attached hydrogens (primary N) is 1. The molecule has 5 heteroatoms. The molecule has 100 valence electrons. The first-order valence-corrected chi connectivity index (χ1v) is 7.18. The van der Waals surface area contributed by atoms with Gasteiger partial charge >= 0.3 is 0 Å². The van der Waals surface area contributed by atoms with Gasteiger partial charge in [0.1, 0.15) is 0 Å². The molecule has 2 rings (SSSR count). The van der Waals surface area contributed by atoms with Crippen molar-refractivity contribution in [2.45, 2.75) is 25.8 Å². The van der Waals surface area contributed by atoms with E-state index < -0.39 is 5.41 Å². The van der Waals surface area contributed by atoms with E-state index in [0.29, 0.717) is 32.6 Å². The Morgan fingerprint density at radius 2 is 2.33 bits per heavy atom. The number of thiophene rings is 1. The van der Waals surface area contributed by atoms with Crippen LogP contribution in [0.15, 0.2) is 17.5 Å². The lowest BCUT2D eigenvalue weighted by Crippen LogP contribution is -2.49. The second-order valence-electron chi connectivity index (χ2n) is 4.81. The van der Waals surface area contributed by atoms with Crippen LogP contribution in [-0.2, 0) is 9.53 Å². The lowest BCUT2D eigenvalue weighted by molar-refractivity contribution is -0.136. The largest absolute Gasteiger partial charge is 0.381 e. The first-order valence-electron chi connectivity index (χ1n) is 6.30. The maximum atomic E-state index is 12.4. The van der Waals surface area contributed by atoms with Crippen molar-refractivity contribution in [1.82, 2.24) is 5.32 Å². The van der Waals surface area contributed by atoms with Crippen molar-refractivity contribution in [3.8, 4) is 0 Å². The van der Waals surface area contributed by atoms with Crippen LogP contribution in [0, 0.1) is 5.41 Å². The van der Waals surface area contributed by atoms with Gasteiger partial charge in [-0.25, -0.2) is 0 Å². The Kier molecular flexibility index (Phi) is 4.37. The molecule has 0 radical (unpaired) electrons. The lowest BCUT2D eigenvalue weighted by atomic mass is 9.79. The van der Waals surface area contributed by atoms with Crippen LogP contribution < -0.4 is 11.1 Å². The quantitative estimate of drug-likeness (QED) is 0.873. The molecule has 3 N–H and O–H groups in total. The van der Waals surface area contributed by atoms with Crippen molar-refractivity contribution in [3.05, 3.63) is 22.4 Å². The highest BCUT2D eigenvalue weighted by atomic mass is 32.1. The molecule has 0 saturated carbocycles. The number of nitrogens with one attached hydrogen (secondary N) is 1. The normalized spacial score (nSPS) is 20.3. The van der Waals surface area contributed by atoms with E-state index in [1.165, 1.54) is 4.88 Å². The zero-order valence-electron chi connectivity index (χ0n) is 10.6. The molecule has 0 spiro atoms. The van der Waals surface area contributed by atoms with Gasteiger partial charge in [-0.15, -0.1) is 11.3 Å². The zero-order valence-corrected chi connectivity index (χ0v) is 11.5. The summed E-state index contributed by atoms with van der Waals surface area (Å²) < 4.78 is 5.32. The summed E-state index contributed by atoms with van der Waals surface area (Å²) in [4.78, 5) is 13.6. The molecule has 1 aromatic heterocycles. The van der Waals surface area contributed by atoms with E-state index in [2.05, 4.69) is 5.32 Å². The van der Waals surface area contributed by atoms with Gasteiger partial charge in [-0.05, 0) is 31.2 Å². The Morgan fingerprint density at radius 3 is 2.89 bits per heavy atom. The summed E-state index contributed by atoms with van der Waals surface area (Å²) in [5.74, 6) is 0.0641. The molecule has 0 unspecified atom stereocenters. The third-order valence-corrected chi connectivity index (χ3v) is 4.69. The van der Waals surface area contributed by atoms with E-state index >= 15 is 0 Å². The van der Waals surface area contributed by atoms with Crippen molar-refractivity contribution in [2.75, 3.05) is 19.8 Å². The molecule has 1 fully saturated rings. The maximum Gasteiger partial charge on any atom is 0.228 e. The first kappa shape index (κ1) is 13.5. The minimum atomic E-state index is -0.441. The average Bonchev–Trinajstić information content (AvgIpc) is 2.93. The van der Waals surface area contributed by atoms with E-state index in [9.17, 15) is 4.79 Å². The summed E-state index contributed by atoms with van der Waals surface area (Å²) in [6, 6.07) is 4.08. The standard InChI is InChI=1S/C13H20N2O2S/c1-10(11-3-2-8-18-11)15-12(16)13(9-14)4-6-17-7-5-13/h2-3,8,10H,4-7,9,14H2,1H3,(H,15,16)/t10-/m1/s1. The smallest absolute Gasteiger partial charge is 0.228 e. The van der Waals surface area contributed by atoms with Crippen LogP contribution in [-0.4, -0.2) is 25.7 Å². The van der Waals surface area contributed by atoms with E-state index in [1.54, 1.807) is 11.3 Å². The van der Waals surface area contributed by atoms with E-state index in [1.807, 2.05) is 24.4 Å². The molecule has 0 bridgehead atoms. The van der Waals surface area contributed by atoms with Gasteiger partial charge in [-0.3, -0.25) is 4.79 Å². The van der Waals surface area contributed by atoms with Gasteiger partial charge in [0, 0.05) is 24.6 Å². The van der Waals surface area contributed by atoms with E-state index in [4.69, 9.17) is 10.5 Å². The second kappa shape index (κ2) is 5.82. The number of amides is 1. The molecule has 1 saturated heterocycles. The van der Waals surface area contributed by atoms with Crippen LogP contribution in [0.1, 0.15) is 30.7 Å². The second-order valence-corrected chi connectivity index (χ2v) is 5.79. The predicted octanol–water partition coefficient (Wildman–Crippen LogP) is 1.68. The predicted molar refractivity (Wildman–Crippen MR) is 72.4 cm³/mol. The summed E-state index contributed by atoms with van der Waals surface area (Å²) in [6.45, 7) is 3.64. The van der Waals surface area contributed by atoms with Gasteiger partial charge in [-0.2, -0.15) is 0 Å². The lowest BCUT2D eigenvalue weighted by Gasteiger charge is -2.35. The third kappa shape index (κ3) is 2.74. The molecular formula is C13H20N2O2S. The number of carbonyl (C=O) groups is 1. The molecular weight excluding hydrogens is 248 g/mol. The van der Waals surface area contributed by atoms with Gasteiger partial charge in [0.2, 0.25) is 5.91 Å². The molecule has 1 aliphatic heterocycles. The van der Waals surface area contributed by atoms with E-state index in [0.717, 1.165) is 0 Å². The number of ether oxygens (including phenoxy) is 1. The summed E-state index contributed by atoms with van der Waals surface area (Å²) in [5.41, 5.74) is 5.38. The number of hydrogen-bond acceptors (Lipinski definition) is 4. The molecule has 0 aromatic carbocycles. The summed E-state index contributed by atoms with van der Waals surface area (Å²) >= 11 is 1.66. The molecule has 1 aromatic rings. The first-order chi connectivity index (χ1) is 8.68. The van der Waals surface area contributed by atoms with Crippen LogP contribution in [0.5, 0.6) is 0 Å². The van der Waals surface area contributed by atoms with Crippen molar-refractivity contribution >= 4 is 17.2 Å². The average molecular weight is 268 g/mol. The molecule has 18 heavy (non-hydrogen) atoms. The van der Waals surface area contributed by atoms with Gasteiger partial charge < -0.3 is 15.8 Å². The number of carbonyl (C=O) groups excluding carboxylic acids is 1. The van der Waals surface area contributed by atoms with E-state index in [-0.39, 0.29) is 11.9 Å². The highest BCUT2D eigenvalue weighted by molar-refractivity contribution is 7.10. The Morgan fingerprint density at radius 1 is 1.61 bits per heavy atom. The topological polar surface area (TPSA) is 64.4 Å². The molecule has 1 amide bonds. The highest BCUT2D eigenvalue weighted by Crippen LogP contribution is 2.30. The van der Waals surface area contributed by atoms with Crippen molar-refractivity contribution in [2.24, 2.45) is 11.1 Å². The monoisotopic (exact) mass is 268 g/mol. The minimum absolute atomic E-state index is 0.0452. The van der Waals surface area contributed by atoms with Crippen molar-refractivity contribution in [3.63, 3.8) is 0 Å². The Balaban J connectivity index is 2.01. The molecule has 1 atom stereocenters. The molecule has 4 nitrogen and oxygen atoms in total. The van der Waals surface area contributed by atoms with Gasteiger partial charge in [0.15, 0.2) is 0 Å². The van der Waals surface area contributed by atoms with Crippen LogP contribution in [0.25, 0.3) is 0 Å².